The molecule has 70 valence electrons. The first-order valence-electron chi connectivity index (χ1n) is 5.30. The number of hydrogen-bond donors (Lipinski definition) is 0. The molecule has 0 radical (unpaired) electrons. The lowest BCUT2D eigenvalue weighted by atomic mass is 9.62. The standard InChI is InChI=1S/C11H19F/c1-8-6-11(12)5-3-4-10(7-11)9(8)2/h8-10H,3-7H2,1-2H3. The van der Waals surface area contributed by atoms with E-state index >= 15 is 0 Å². The maximum absolute atomic E-state index is 14.0. The van der Waals surface area contributed by atoms with Crippen LogP contribution >= 0.6 is 0 Å². The van der Waals surface area contributed by atoms with Crippen molar-refractivity contribution in [3.63, 3.8) is 0 Å². The summed E-state index contributed by atoms with van der Waals surface area (Å²) in [4.78, 5) is 0. The second kappa shape index (κ2) is 2.71. The van der Waals surface area contributed by atoms with Gasteiger partial charge in [0.05, 0.1) is 0 Å². The zero-order valence-corrected chi connectivity index (χ0v) is 8.15. The van der Waals surface area contributed by atoms with E-state index in [1.165, 1.54) is 6.42 Å². The predicted molar refractivity (Wildman–Crippen MR) is 48.7 cm³/mol. The summed E-state index contributed by atoms with van der Waals surface area (Å²) in [5.74, 6) is 2.05. The Morgan fingerprint density at radius 2 is 2.00 bits per heavy atom. The Morgan fingerprint density at radius 1 is 1.25 bits per heavy atom. The SMILES string of the molecule is CC1CC2(F)CCCC(C2)C1C. The molecule has 2 fully saturated rings. The van der Waals surface area contributed by atoms with E-state index < -0.39 is 5.67 Å². The van der Waals surface area contributed by atoms with Gasteiger partial charge in [-0.3, -0.25) is 0 Å². The monoisotopic (exact) mass is 170 g/mol. The van der Waals surface area contributed by atoms with E-state index in [1.54, 1.807) is 0 Å². The van der Waals surface area contributed by atoms with Gasteiger partial charge in [-0.25, -0.2) is 4.39 Å². The summed E-state index contributed by atoms with van der Waals surface area (Å²) < 4.78 is 14.0. The summed E-state index contributed by atoms with van der Waals surface area (Å²) in [6.45, 7) is 4.52. The minimum Gasteiger partial charge on any atom is -0.244 e. The molecule has 0 amide bonds. The van der Waals surface area contributed by atoms with Crippen LogP contribution in [0.5, 0.6) is 0 Å². The lowest BCUT2D eigenvalue weighted by Crippen LogP contribution is -2.42. The van der Waals surface area contributed by atoms with Crippen LogP contribution in [0.15, 0.2) is 0 Å². The molecule has 4 unspecified atom stereocenters. The Balaban J connectivity index is 2.14. The van der Waals surface area contributed by atoms with Crippen LogP contribution in [0.1, 0.15) is 46.0 Å². The average molecular weight is 170 g/mol. The Hall–Kier alpha value is -0.0700. The van der Waals surface area contributed by atoms with E-state index in [-0.39, 0.29) is 0 Å². The molecule has 0 N–H and O–H groups in total. The molecule has 0 saturated heterocycles. The summed E-state index contributed by atoms with van der Waals surface area (Å²) in [6, 6.07) is 0. The highest BCUT2D eigenvalue weighted by Crippen LogP contribution is 2.49. The van der Waals surface area contributed by atoms with Gasteiger partial charge in [0.15, 0.2) is 0 Å². The Labute approximate surface area is 74.5 Å². The first-order chi connectivity index (χ1) is 5.61. The molecule has 0 aromatic carbocycles. The topological polar surface area (TPSA) is 0 Å². The summed E-state index contributed by atoms with van der Waals surface area (Å²) >= 11 is 0. The normalized spacial score (nSPS) is 53.8. The van der Waals surface area contributed by atoms with Crippen LogP contribution in [-0.2, 0) is 0 Å². The van der Waals surface area contributed by atoms with E-state index in [1.807, 2.05) is 0 Å². The summed E-state index contributed by atoms with van der Waals surface area (Å²) in [6.07, 6.45) is 4.92. The molecule has 4 atom stereocenters. The number of fused-ring (bicyclic) bond motifs is 2. The van der Waals surface area contributed by atoms with Crippen molar-refractivity contribution < 1.29 is 4.39 Å². The maximum atomic E-state index is 14.0. The van der Waals surface area contributed by atoms with Crippen molar-refractivity contribution in [2.75, 3.05) is 0 Å². The molecule has 2 bridgehead atoms. The molecular weight excluding hydrogens is 151 g/mol. The molecule has 0 spiro atoms. The van der Waals surface area contributed by atoms with Crippen molar-refractivity contribution in [2.45, 2.75) is 51.6 Å². The fraction of sp³-hybridized carbons (Fsp3) is 1.00. The summed E-state index contributed by atoms with van der Waals surface area (Å²) in [7, 11) is 0. The van der Waals surface area contributed by atoms with E-state index in [0.717, 1.165) is 31.6 Å². The van der Waals surface area contributed by atoms with E-state index in [9.17, 15) is 4.39 Å². The van der Waals surface area contributed by atoms with Gasteiger partial charge in [-0.2, -0.15) is 0 Å². The predicted octanol–water partition coefficient (Wildman–Crippen LogP) is 3.56. The van der Waals surface area contributed by atoms with Gasteiger partial charge in [0, 0.05) is 0 Å². The van der Waals surface area contributed by atoms with Gasteiger partial charge in [-0.05, 0) is 49.9 Å². The second-order valence-corrected chi connectivity index (χ2v) is 5.05. The van der Waals surface area contributed by atoms with Crippen LogP contribution in [0.2, 0.25) is 0 Å². The Kier molecular flexibility index (Phi) is 1.93. The van der Waals surface area contributed by atoms with Gasteiger partial charge in [-0.1, -0.05) is 13.8 Å². The molecule has 12 heavy (non-hydrogen) atoms. The lowest BCUT2D eigenvalue weighted by Gasteiger charge is -2.46. The van der Waals surface area contributed by atoms with Gasteiger partial charge >= 0.3 is 0 Å². The van der Waals surface area contributed by atoms with Gasteiger partial charge in [0.25, 0.3) is 0 Å². The first-order valence-corrected chi connectivity index (χ1v) is 5.30. The number of halogens is 1. The van der Waals surface area contributed by atoms with Crippen LogP contribution in [-0.4, -0.2) is 5.67 Å². The molecular formula is C11H19F. The lowest BCUT2D eigenvalue weighted by molar-refractivity contribution is -0.0246. The van der Waals surface area contributed by atoms with Crippen LogP contribution in [0, 0.1) is 17.8 Å². The maximum Gasteiger partial charge on any atom is 0.111 e. The van der Waals surface area contributed by atoms with Crippen molar-refractivity contribution in [3.8, 4) is 0 Å². The minimum absolute atomic E-state index is 0.606. The third-order valence-electron chi connectivity index (χ3n) is 4.16. The summed E-state index contributed by atoms with van der Waals surface area (Å²) in [5.41, 5.74) is -0.769. The van der Waals surface area contributed by atoms with Crippen molar-refractivity contribution in [2.24, 2.45) is 17.8 Å². The van der Waals surface area contributed by atoms with Gasteiger partial charge < -0.3 is 0 Å². The average Bonchev–Trinajstić information content (AvgIpc) is 2.00. The van der Waals surface area contributed by atoms with Gasteiger partial charge in [0.2, 0.25) is 0 Å². The minimum atomic E-state index is -0.769. The second-order valence-electron chi connectivity index (χ2n) is 5.05. The number of rotatable bonds is 0. The quantitative estimate of drug-likeness (QED) is 0.521. The molecule has 2 rings (SSSR count). The van der Waals surface area contributed by atoms with Crippen LogP contribution in [0.25, 0.3) is 0 Å². The molecule has 2 saturated carbocycles. The molecule has 0 aromatic heterocycles. The molecule has 1 heteroatoms. The fourth-order valence-electron chi connectivity index (χ4n) is 3.22. The molecule has 0 aliphatic heterocycles. The van der Waals surface area contributed by atoms with Crippen molar-refractivity contribution in [1.82, 2.24) is 0 Å². The molecule has 2 aliphatic carbocycles. The van der Waals surface area contributed by atoms with Gasteiger partial charge in [-0.15, -0.1) is 0 Å². The van der Waals surface area contributed by atoms with Crippen molar-refractivity contribution >= 4 is 0 Å². The molecule has 2 aliphatic rings. The zero-order valence-electron chi connectivity index (χ0n) is 8.15. The fourth-order valence-corrected chi connectivity index (χ4v) is 3.22. The van der Waals surface area contributed by atoms with Crippen molar-refractivity contribution in [1.29, 1.82) is 0 Å². The number of hydrogen-bond acceptors (Lipinski definition) is 0. The number of alkyl halides is 1. The Morgan fingerprint density at radius 3 is 2.75 bits per heavy atom. The largest absolute Gasteiger partial charge is 0.244 e. The highest BCUT2D eigenvalue weighted by Gasteiger charge is 2.45. The molecule has 0 aromatic rings. The third kappa shape index (κ3) is 1.27. The first kappa shape index (κ1) is 8.52. The molecule has 0 nitrogen and oxygen atoms in total. The smallest absolute Gasteiger partial charge is 0.111 e. The highest BCUT2D eigenvalue weighted by molar-refractivity contribution is 4.95. The Bertz CT molecular complexity index is 174. The summed E-state index contributed by atoms with van der Waals surface area (Å²) in [5, 5.41) is 0. The van der Waals surface area contributed by atoms with Crippen LogP contribution < -0.4 is 0 Å². The highest BCUT2D eigenvalue weighted by atomic mass is 19.1. The van der Waals surface area contributed by atoms with E-state index in [0.29, 0.717) is 11.8 Å². The molecule has 0 heterocycles. The van der Waals surface area contributed by atoms with Gasteiger partial charge in [0.1, 0.15) is 5.67 Å². The third-order valence-corrected chi connectivity index (χ3v) is 4.16. The van der Waals surface area contributed by atoms with E-state index in [2.05, 4.69) is 13.8 Å². The van der Waals surface area contributed by atoms with Crippen LogP contribution in [0.4, 0.5) is 4.39 Å². The van der Waals surface area contributed by atoms with E-state index in [4.69, 9.17) is 0 Å². The zero-order chi connectivity index (χ0) is 8.77. The van der Waals surface area contributed by atoms with Crippen molar-refractivity contribution in [3.05, 3.63) is 0 Å². The van der Waals surface area contributed by atoms with Crippen LogP contribution in [0.3, 0.4) is 0 Å².